The lowest BCUT2D eigenvalue weighted by Gasteiger charge is -2.16. The van der Waals surface area contributed by atoms with E-state index in [1.807, 2.05) is 17.5 Å². The Morgan fingerprint density at radius 3 is 2.75 bits per heavy atom. The van der Waals surface area contributed by atoms with Crippen LogP contribution in [0.25, 0.3) is 0 Å². The van der Waals surface area contributed by atoms with E-state index in [1.54, 1.807) is 11.3 Å². The van der Waals surface area contributed by atoms with Gasteiger partial charge >= 0.3 is 0 Å². The van der Waals surface area contributed by atoms with Gasteiger partial charge in [-0.05, 0) is 30.8 Å². The lowest BCUT2D eigenvalue weighted by molar-refractivity contribution is 0.532. The molecule has 1 aromatic heterocycles. The minimum absolute atomic E-state index is 0.0357. The fraction of sp³-hybridized carbons (Fsp3) is 0.636. The topological polar surface area (TPSA) is 46.2 Å². The number of hydrogen-bond acceptors (Lipinski definition) is 4. The van der Waals surface area contributed by atoms with E-state index in [-0.39, 0.29) is 11.8 Å². The standard InChI is InChI=1S/C11H19NO2S2/c1-3-6-12-10(9-16(2,13)14)8-11-5-4-7-15-11/h4-5,7,10,12H,3,6,8-9H2,1-2H3. The van der Waals surface area contributed by atoms with Crippen LogP contribution in [0.5, 0.6) is 0 Å². The summed E-state index contributed by atoms with van der Waals surface area (Å²) in [5, 5.41) is 5.31. The molecule has 0 spiro atoms. The maximum absolute atomic E-state index is 11.3. The molecule has 1 atom stereocenters. The van der Waals surface area contributed by atoms with Gasteiger partial charge in [0.1, 0.15) is 9.84 Å². The summed E-state index contributed by atoms with van der Waals surface area (Å²) in [5.41, 5.74) is 0. The molecule has 1 aromatic rings. The van der Waals surface area contributed by atoms with Crippen LogP contribution in [0.4, 0.5) is 0 Å². The van der Waals surface area contributed by atoms with E-state index in [1.165, 1.54) is 11.1 Å². The molecule has 1 unspecified atom stereocenters. The number of nitrogens with one attached hydrogen (secondary N) is 1. The van der Waals surface area contributed by atoms with Crippen molar-refractivity contribution >= 4 is 21.2 Å². The van der Waals surface area contributed by atoms with Gasteiger partial charge in [-0.15, -0.1) is 11.3 Å². The molecule has 1 heterocycles. The van der Waals surface area contributed by atoms with Crippen LogP contribution in [-0.2, 0) is 16.3 Å². The number of rotatable bonds is 7. The van der Waals surface area contributed by atoms with Crippen molar-refractivity contribution in [2.75, 3.05) is 18.6 Å². The molecule has 3 nitrogen and oxygen atoms in total. The highest BCUT2D eigenvalue weighted by molar-refractivity contribution is 7.90. The Morgan fingerprint density at radius 1 is 1.50 bits per heavy atom. The van der Waals surface area contributed by atoms with Crippen molar-refractivity contribution in [2.45, 2.75) is 25.8 Å². The summed E-state index contributed by atoms with van der Waals surface area (Å²) >= 11 is 1.68. The Balaban J connectivity index is 2.56. The highest BCUT2D eigenvalue weighted by Crippen LogP contribution is 2.12. The smallest absolute Gasteiger partial charge is 0.148 e. The number of thiophene rings is 1. The van der Waals surface area contributed by atoms with Crippen LogP contribution in [0.1, 0.15) is 18.2 Å². The Hall–Kier alpha value is -0.390. The molecule has 0 bridgehead atoms. The largest absolute Gasteiger partial charge is 0.313 e. The predicted molar refractivity (Wildman–Crippen MR) is 69.8 cm³/mol. The van der Waals surface area contributed by atoms with Crippen molar-refractivity contribution in [3.8, 4) is 0 Å². The summed E-state index contributed by atoms with van der Waals surface area (Å²) in [6, 6.07) is 4.08. The van der Waals surface area contributed by atoms with E-state index in [9.17, 15) is 8.42 Å². The zero-order valence-electron chi connectivity index (χ0n) is 9.77. The molecular weight excluding hydrogens is 242 g/mol. The molecule has 1 rings (SSSR count). The normalized spacial score (nSPS) is 13.9. The zero-order chi connectivity index (χ0) is 12.0. The minimum Gasteiger partial charge on any atom is -0.313 e. The molecule has 0 amide bonds. The third-order valence-corrected chi connectivity index (χ3v) is 4.12. The molecule has 0 aliphatic heterocycles. The molecule has 0 radical (unpaired) electrons. The second-order valence-corrected chi connectivity index (χ2v) is 7.24. The second kappa shape index (κ2) is 6.37. The van der Waals surface area contributed by atoms with Crippen LogP contribution in [-0.4, -0.2) is 33.0 Å². The van der Waals surface area contributed by atoms with Gasteiger partial charge in [-0.3, -0.25) is 0 Å². The molecule has 0 aromatic carbocycles. The van der Waals surface area contributed by atoms with Gasteiger partial charge in [0.05, 0.1) is 5.75 Å². The summed E-state index contributed by atoms with van der Waals surface area (Å²) in [6.45, 7) is 2.95. The number of hydrogen-bond donors (Lipinski definition) is 1. The van der Waals surface area contributed by atoms with E-state index in [0.717, 1.165) is 19.4 Å². The van der Waals surface area contributed by atoms with Crippen molar-refractivity contribution < 1.29 is 8.42 Å². The zero-order valence-corrected chi connectivity index (χ0v) is 11.4. The highest BCUT2D eigenvalue weighted by atomic mass is 32.2. The fourth-order valence-electron chi connectivity index (χ4n) is 1.58. The van der Waals surface area contributed by atoms with Crippen LogP contribution < -0.4 is 5.32 Å². The van der Waals surface area contributed by atoms with E-state index < -0.39 is 9.84 Å². The summed E-state index contributed by atoms with van der Waals surface area (Å²) in [7, 11) is -2.91. The first-order valence-electron chi connectivity index (χ1n) is 5.44. The van der Waals surface area contributed by atoms with Crippen LogP contribution >= 0.6 is 11.3 Å². The Labute approximate surface area is 102 Å². The Kier molecular flexibility index (Phi) is 5.44. The maximum atomic E-state index is 11.3. The van der Waals surface area contributed by atoms with Gasteiger partial charge in [-0.2, -0.15) is 0 Å². The summed E-state index contributed by atoms with van der Waals surface area (Å²) in [6.07, 6.45) is 3.11. The molecular formula is C11H19NO2S2. The first-order valence-corrected chi connectivity index (χ1v) is 8.38. The Morgan fingerprint density at radius 2 is 2.25 bits per heavy atom. The Bertz CT molecular complexity index is 384. The molecule has 0 aliphatic carbocycles. The minimum atomic E-state index is -2.91. The molecule has 0 aliphatic rings. The summed E-state index contributed by atoms with van der Waals surface area (Å²) < 4.78 is 22.6. The van der Waals surface area contributed by atoms with E-state index in [4.69, 9.17) is 0 Å². The summed E-state index contributed by atoms with van der Waals surface area (Å²) in [5.74, 6) is 0.213. The average Bonchev–Trinajstić information content (AvgIpc) is 2.64. The molecule has 92 valence electrons. The van der Waals surface area contributed by atoms with Crippen molar-refractivity contribution in [1.29, 1.82) is 0 Å². The van der Waals surface area contributed by atoms with Gasteiger partial charge in [-0.25, -0.2) is 8.42 Å². The van der Waals surface area contributed by atoms with Crippen molar-refractivity contribution in [3.05, 3.63) is 22.4 Å². The maximum Gasteiger partial charge on any atom is 0.148 e. The van der Waals surface area contributed by atoms with Gasteiger partial charge in [0.15, 0.2) is 0 Å². The average molecular weight is 261 g/mol. The number of sulfone groups is 1. The SMILES string of the molecule is CCCNC(Cc1cccs1)CS(C)(=O)=O. The molecule has 0 saturated heterocycles. The predicted octanol–water partition coefficient (Wildman–Crippen LogP) is 1.70. The van der Waals surface area contributed by atoms with Gasteiger partial charge in [-0.1, -0.05) is 13.0 Å². The van der Waals surface area contributed by atoms with Gasteiger partial charge in [0.2, 0.25) is 0 Å². The first kappa shape index (κ1) is 13.7. The monoisotopic (exact) mass is 261 g/mol. The third kappa shape index (κ3) is 5.63. The highest BCUT2D eigenvalue weighted by Gasteiger charge is 2.15. The molecule has 0 saturated carbocycles. The lowest BCUT2D eigenvalue weighted by atomic mass is 10.2. The van der Waals surface area contributed by atoms with E-state index in [0.29, 0.717) is 0 Å². The summed E-state index contributed by atoms with van der Waals surface area (Å²) in [4.78, 5) is 1.23. The van der Waals surface area contributed by atoms with Gasteiger partial charge in [0.25, 0.3) is 0 Å². The van der Waals surface area contributed by atoms with Crippen LogP contribution in [0.3, 0.4) is 0 Å². The van der Waals surface area contributed by atoms with Crippen molar-refractivity contribution in [1.82, 2.24) is 5.32 Å². The van der Waals surface area contributed by atoms with Crippen LogP contribution in [0, 0.1) is 0 Å². The van der Waals surface area contributed by atoms with Crippen LogP contribution in [0.15, 0.2) is 17.5 Å². The van der Waals surface area contributed by atoms with Gasteiger partial charge < -0.3 is 5.32 Å². The van der Waals surface area contributed by atoms with Crippen molar-refractivity contribution in [2.24, 2.45) is 0 Å². The fourth-order valence-corrected chi connectivity index (χ4v) is 3.33. The van der Waals surface area contributed by atoms with E-state index >= 15 is 0 Å². The quantitative estimate of drug-likeness (QED) is 0.812. The third-order valence-electron chi connectivity index (χ3n) is 2.21. The van der Waals surface area contributed by atoms with Gasteiger partial charge in [0, 0.05) is 17.2 Å². The lowest BCUT2D eigenvalue weighted by Crippen LogP contribution is -2.37. The molecule has 1 N–H and O–H groups in total. The molecule has 5 heteroatoms. The van der Waals surface area contributed by atoms with Crippen LogP contribution in [0.2, 0.25) is 0 Å². The molecule has 0 fully saturated rings. The molecule has 16 heavy (non-hydrogen) atoms. The van der Waals surface area contributed by atoms with Crippen molar-refractivity contribution in [3.63, 3.8) is 0 Å². The van der Waals surface area contributed by atoms with E-state index in [2.05, 4.69) is 12.2 Å². The first-order chi connectivity index (χ1) is 7.51. The second-order valence-electron chi connectivity index (χ2n) is 4.03.